The zero-order valence-electron chi connectivity index (χ0n) is 6.89. The van der Waals surface area contributed by atoms with E-state index in [1.165, 1.54) is 12.8 Å². The molecule has 0 aromatic carbocycles. The van der Waals surface area contributed by atoms with E-state index < -0.39 is 0 Å². The molecule has 0 aliphatic rings. The van der Waals surface area contributed by atoms with Gasteiger partial charge in [0.2, 0.25) is 0 Å². The first-order valence-electron chi connectivity index (χ1n) is 3.75. The number of hydrogen-bond acceptors (Lipinski definition) is 1. The lowest BCUT2D eigenvalue weighted by Crippen LogP contribution is -1.95. The molecule has 0 aliphatic carbocycles. The standard InChI is InChI=1S/C8H17N.BrH/c1-3-5-7-8(9)6-4-2;/h6H,3-5,7,9H2,1-2H3;1H/b8-6-;. The highest BCUT2D eigenvalue weighted by molar-refractivity contribution is 8.93. The first-order chi connectivity index (χ1) is 4.31. The van der Waals surface area contributed by atoms with E-state index in [9.17, 15) is 0 Å². The Kier molecular flexibility index (Phi) is 11.4. The van der Waals surface area contributed by atoms with Crippen LogP contribution in [-0.2, 0) is 0 Å². The Morgan fingerprint density at radius 1 is 1.40 bits per heavy atom. The third-order valence-electron chi connectivity index (χ3n) is 1.29. The molecule has 0 rings (SSSR count). The molecule has 0 bridgehead atoms. The molecule has 0 fully saturated rings. The Morgan fingerprint density at radius 2 is 2.00 bits per heavy atom. The van der Waals surface area contributed by atoms with Gasteiger partial charge < -0.3 is 5.73 Å². The van der Waals surface area contributed by atoms with E-state index in [1.807, 2.05) is 0 Å². The van der Waals surface area contributed by atoms with Gasteiger partial charge in [0, 0.05) is 5.70 Å². The second-order valence-corrected chi connectivity index (χ2v) is 2.29. The second-order valence-electron chi connectivity index (χ2n) is 2.29. The summed E-state index contributed by atoms with van der Waals surface area (Å²) < 4.78 is 0. The van der Waals surface area contributed by atoms with Crippen LogP contribution < -0.4 is 5.73 Å². The van der Waals surface area contributed by atoms with Crippen molar-refractivity contribution in [3.05, 3.63) is 11.8 Å². The van der Waals surface area contributed by atoms with E-state index in [2.05, 4.69) is 19.9 Å². The Labute approximate surface area is 74.5 Å². The molecule has 2 N–H and O–H groups in total. The number of hydrogen-bond donors (Lipinski definition) is 1. The summed E-state index contributed by atoms with van der Waals surface area (Å²) in [6, 6.07) is 0. The lowest BCUT2D eigenvalue weighted by atomic mass is 10.2. The molecule has 62 valence electrons. The fraction of sp³-hybridized carbons (Fsp3) is 0.750. The van der Waals surface area contributed by atoms with Crippen molar-refractivity contribution in [2.45, 2.75) is 39.5 Å². The van der Waals surface area contributed by atoms with Crippen LogP contribution in [0.25, 0.3) is 0 Å². The summed E-state index contributed by atoms with van der Waals surface area (Å²) in [6.07, 6.45) is 6.69. The molecule has 0 saturated heterocycles. The maximum absolute atomic E-state index is 5.63. The largest absolute Gasteiger partial charge is 0.402 e. The third kappa shape index (κ3) is 8.02. The number of allylic oxidation sites excluding steroid dienone is 2. The van der Waals surface area contributed by atoms with Crippen LogP contribution in [-0.4, -0.2) is 0 Å². The van der Waals surface area contributed by atoms with Crippen molar-refractivity contribution in [3.63, 3.8) is 0 Å². The Balaban J connectivity index is 0. The molecule has 0 aromatic rings. The molecule has 0 aromatic heterocycles. The van der Waals surface area contributed by atoms with Gasteiger partial charge in [-0.25, -0.2) is 0 Å². The summed E-state index contributed by atoms with van der Waals surface area (Å²) >= 11 is 0. The molecule has 0 aliphatic heterocycles. The van der Waals surface area contributed by atoms with Crippen LogP contribution in [0.15, 0.2) is 11.8 Å². The van der Waals surface area contributed by atoms with Gasteiger partial charge in [-0.3, -0.25) is 0 Å². The first kappa shape index (κ1) is 12.7. The van der Waals surface area contributed by atoms with Crippen LogP contribution in [0, 0.1) is 0 Å². The smallest absolute Gasteiger partial charge is 0.00398 e. The van der Waals surface area contributed by atoms with Crippen molar-refractivity contribution in [2.24, 2.45) is 5.73 Å². The molecule has 2 heteroatoms. The van der Waals surface area contributed by atoms with E-state index in [0.29, 0.717) is 0 Å². The minimum atomic E-state index is 0. The van der Waals surface area contributed by atoms with Crippen molar-refractivity contribution >= 4 is 17.0 Å². The average Bonchev–Trinajstić information content (AvgIpc) is 1.85. The number of halogens is 1. The SMILES string of the molecule is Br.CC/C=C(\N)CCCC. The van der Waals surface area contributed by atoms with Crippen LogP contribution >= 0.6 is 17.0 Å². The summed E-state index contributed by atoms with van der Waals surface area (Å²) in [5.41, 5.74) is 6.69. The fourth-order valence-electron chi connectivity index (χ4n) is 0.745. The third-order valence-corrected chi connectivity index (χ3v) is 1.29. The lowest BCUT2D eigenvalue weighted by molar-refractivity contribution is 0.777. The van der Waals surface area contributed by atoms with Gasteiger partial charge in [0.25, 0.3) is 0 Å². The van der Waals surface area contributed by atoms with Gasteiger partial charge in [0.05, 0.1) is 0 Å². The van der Waals surface area contributed by atoms with E-state index in [4.69, 9.17) is 5.73 Å². The van der Waals surface area contributed by atoms with Gasteiger partial charge in [0.15, 0.2) is 0 Å². The van der Waals surface area contributed by atoms with E-state index in [0.717, 1.165) is 18.5 Å². The van der Waals surface area contributed by atoms with Gasteiger partial charge in [-0.05, 0) is 19.3 Å². The topological polar surface area (TPSA) is 26.0 Å². The van der Waals surface area contributed by atoms with Crippen LogP contribution in [0.3, 0.4) is 0 Å². The predicted molar refractivity (Wildman–Crippen MR) is 52.4 cm³/mol. The highest BCUT2D eigenvalue weighted by Gasteiger charge is 1.86. The average molecular weight is 208 g/mol. The van der Waals surface area contributed by atoms with Crippen LogP contribution in [0.2, 0.25) is 0 Å². The highest BCUT2D eigenvalue weighted by Crippen LogP contribution is 2.01. The number of nitrogens with two attached hydrogens (primary N) is 1. The Bertz CT molecular complexity index is 89.3. The summed E-state index contributed by atoms with van der Waals surface area (Å²) in [7, 11) is 0. The van der Waals surface area contributed by atoms with Crippen molar-refractivity contribution in [1.82, 2.24) is 0 Å². The van der Waals surface area contributed by atoms with Gasteiger partial charge in [-0.2, -0.15) is 0 Å². The van der Waals surface area contributed by atoms with E-state index >= 15 is 0 Å². The zero-order valence-corrected chi connectivity index (χ0v) is 8.60. The summed E-state index contributed by atoms with van der Waals surface area (Å²) in [4.78, 5) is 0. The number of rotatable bonds is 4. The van der Waals surface area contributed by atoms with Gasteiger partial charge in [0.1, 0.15) is 0 Å². The maximum Gasteiger partial charge on any atom is 0.00398 e. The fourth-order valence-corrected chi connectivity index (χ4v) is 0.745. The van der Waals surface area contributed by atoms with Crippen molar-refractivity contribution in [3.8, 4) is 0 Å². The summed E-state index contributed by atoms with van der Waals surface area (Å²) in [5.74, 6) is 0. The highest BCUT2D eigenvalue weighted by atomic mass is 79.9. The molecule has 10 heavy (non-hydrogen) atoms. The van der Waals surface area contributed by atoms with Crippen molar-refractivity contribution < 1.29 is 0 Å². The first-order valence-corrected chi connectivity index (χ1v) is 3.75. The predicted octanol–water partition coefficient (Wildman–Crippen LogP) is 3.01. The maximum atomic E-state index is 5.63. The van der Waals surface area contributed by atoms with Gasteiger partial charge in [-0.1, -0.05) is 26.3 Å². The molecule has 0 saturated carbocycles. The molecule has 0 spiro atoms. The van der Waals surface area contributed by atoms with Crippen molar-refractivity contribution in [1.29, 1.82) is 0 Å². The minimum absolute atomic E-state index is 0. The molecule has 1 nitrogen and oxygen atoms in total. The zero-order chi connectivity index (χ0) is 7.11. The molecule has 0 radical (unpaired) electrons. The Hall–Kier alpha value is 0.0200. The van der Waals surface area contributed by atoms with Crippen LogP contribution in [0.4, 0.5) is 0 Å². The molecule has 0 unspecified atom stereocenters. The van der Waals surface area contributed by atoms with Crippen LogP contribution in [0.1, 0.15) is 39.5 Å². The molecule has 0 atom stereocenters. The minimum Gasteiger partial charge on any atom is -0.402 e. The number of unbranched alkanes of at least 4 members (excludes halogenated alkanes) is 1. The van der Waals surface area contributed by atoms with Crippen LogP contribution in [0.5, 0.6) is 0 Å². The second kappa shape index (κ2) is 9.02. The lowest BCUT2D eigenvalue weighted by Gasteiger charge is -1.96. The van der Waals surface area contributed by atoms with E-state index in [1.54, 1.807) is 0 Å². The van der Waals surface area contributed by atoms with Crippen molar-refractivity contribution in [2.75, 3.05) is 0 Å². The Morgan fingerprint density at radius 3 is 2.40 bits per heavy atom. The molecular formula is C8H18BrN. The van der Waals surface area contributed by atoms with E-state index in [-0.39, 0.29) is 17.0 Å². The molecule has 0 heterocycles. The van der Waals surface area contributed by atoms with Gasteiger partial charge in [-0.15, -0.1) is 17.0 Å². The van der Waals surface area contributed by atoms with Gasteiger partial charge >= 0.3 is 0 Å². The molecule has 0 amide bonds. The normalized spacial score (nSPS) is 10.8. The summed E-state index contributed by atoms with van der Waals surface area (Å²) in [6.45, 7) is 4.29. The quantitative estimate of drug-likeness (QED) is 0.755. The molecular weight excluding hydrogens is 190 g/mol. The monoisotopic (exact) mass is 207 g/mol. The summed E-state index contributed by atoms with van der Waals surface area (Å²) in [5, 5.41) is 0.